The van der Waals surface area contributed by atoms with Crippen molar-refractivity contribution in [3.63, 3.8) is 0 Å². The maximum Gasteiger partial charge on any atom is 0.0309 e. The van der Waals surface area contributed by atoms with Gasteiger partial charge in [-0.2, -0.15) is 0 Å². The molecule has 116 valence electrons. The van der Waals surface area contributed by atoms with Crippen LogP contribution in [-0.2, 0) is 0 Å². The quantitative estimate of drug-likeness (QED) is 0.828. The van der Waals surface area contributed by atoms with Crippen LogP contribution in [0.15, 0.2) is 0 Å². The van der Waals surface area contributed by atoms with Gasteiger partial charge in [0.1, 0.15) is 0 Å². The highest BCUT2D eigenvalue weighted by Crippen LogP contribution is 2.53. The third-order valence-corrected chi connectivity index (χ3v) is 6.60. The average molecular weight is 278 g/mol. The molecule has 1 aliphatic heterocycles. The molecular formula is C18H34N2. The molecule has 2 aliphatic carbocycles. The van der Waals surface area contributed by atoms with Gasteiger partial charge in [0, 0.05) is 31.2 Å². The summed E-state index contributed by atoms with van der Waals surface area (Å²) in [5.41, 5.74) is 1.04. The summed E-state index contributed by atoms with van der Waals surface area (Å²) >= 11 is 0. The number of piperazine rings is 1. The van der Waals surface area contributed by atoms with E-state index in [4.69, 9.17) is 0 Å². The second-order valence-electron chi connectivity index (χ2n) is 8.81. The van der Waals surface area contributed by atoms with E-state index in [0.29, 0.717) is 11.0 Å². The van der Waals surface area contributed by atoms with Gasteiger partial charge in [0.05, 0.1) is 0 Å². The van der Waals surface area contributed by atoms with Gasteiger partial charge in [0.2, 0.25) is 0 Å². The smallest absolute Gasteiger partial charge is 0.0309 e. The van der Waals surface area contributed by atoms with Crippen molar-refractivity contribution < 1.29 is 0 Å². The number of hydrogen-bond donors (Lipinski definition) is 1. The Morgan fingerprint density at radius 2 is 1.80 bits per heavy atom. The van der Waals surface area contributed by atoms with E-state index < -0.39 is 0 Å². The summed E-state index contributed by atoms with van der Waals surface area (Å²) in [5, 5.41) is 3.91. The zero-order chi connectivity index (χ0) is 14.5. The van der Waals surface area contributed by atoms with Crippen LogP contribution in [0.1, 0.15) is 60.3 Å². The molecule has 0 bridgehead atoms. The number of rotatable bonds is 5. The minimum atomic E-state index is 0.387. The van der Waals surface area contributed by atoms with Gasteiger partial charge in [-0.05, 0) is 55.8 Å². The third kappa shape index (κ3) is 2.66. The summed E-state index contributed by atoms with van der Waals surface area (Å²) in [5.74, 6) is 2.54. The Hall–Kier alpha value is -0.0800. The minimum Gasteiger partial charge on any atom is -0.308 e. The molecular weight excluding hydrogens is 244 g/mol. The molecule has 0 amide bonds. The molecule has 3 rings (SSSR count). The second-order valence-corrected chi connectivity index (χ2v) is 8.81. The number of hydrogen-bond acceptors (Lipinski definition) is 2. The Morgan fingerprint density at radius 1 is 1.15 bits per heavy atom. The maximum atomic E-state index is 3.91. The van der Waals surface area contributed by atoms with Gasteiger partial charge in [0.15, 0.2) is 0 Å². The molecule has 0 radical (unpaired) electrons. The van der Waals surface area contributed by atoms with Gasteiger partial charge in [0.25, 0.3) is 0 Å². The predicted molar refractivity (Wildman–Crippen MR) is 85.8 cm³/mol. The molecule has 1 N–H and O–H groups in total. The first-order valence-electron chi connectivity index (χ1n) is 8.85. The van der Waals surface area contributed by atoms with Crippen molar-refractivity contribution in [3.05, 3.63) is 0 Å². The van der Waals surface area contributed by atoms with E-state index in [9.17, 15) is 0 Å². The van der Waals surface area contributed by atoms with Crippen molar-refractivity contribution in [1.82, 2.24) is 10.2 Å². The van der Waals surface area contributed by atoms with E-state index in [0.717, 1.165) is 23.8 Å². The molecule has 1 heterocycles. The van der Waals surface area contributed by atoms with Crippen LogP contribution in [0.2, 0.25) is 0 Å². The van der Waals surface area contributed by atoms with Crippen molar-refractivity contribution in [3.8, 4) is 0 Å². The fraction of sp³-hybridized carbons (Fsp3) is 1.00. The first kappa shape index (κ1) is 14.8. The van der Waals surface area contributed by atoms with E-state index in [1.165, 1.54) is 45.3 Å². The lowest BCUT2D eigenvalue weighted by atomic mass is 9.85. The maximum absolute atomic E-state index is 3.91. The Bertz CT molecular complexity index is 352. The lowest BCUT2D eigenvalue weighted by molar-refractivity contribution is 0.0291. The molecule has 0 spiro atoms. The highest BCUT2D eigenvalue weighted by atomic mass is 15.3. The predicted octanol–water partition coefficient (Wildman–Crippen LogP) is 3.52. The van der Waals surface area contributed by atoms with Gasteiger partial charge < -0.3 is 5.32 Å². The molecule has 2 unspecified atom stereocenters. The molecule has 2 nitrogen and oxygen atoms in total. The van der Waals surface area contributed by atoms with Gasteiger partial charge >= 0.3 is 0 Å². The summed E-state index contributed by atoms with van der Waals surface area (Å²) in [6, 6.07) is 0.734. The molecule has 2 heteroatoms. The van der Waals surface area contributed by atoms with E-state index in [2.05, 4.69) is 44.8 Å². The Morgan fingerprint density at radius 3 is 2.25 bits per heavy atom. The van der Waals surface area contributed by atoms with Gasteiger partial charge in [-0.25, -0.2) is 0 Å². The number of nitrogens with zero attached hydrogens (tertiary/aromatic N) is 1. The molecule has 2 atom stereocenters. The van der Waals surface area contributed by atoms with Crippen molar-refractivity contribution in [2.24, 2.45) is 23.2 Å². The molecule has 1 saturated heterocycles. The molecule has 0 aromatic rings. The highest BCUT2D eigenvalue weighted by molar-refractivity contribution is 5.07. The van der Waals surface area contributed by atoms with Crippen molar-refractivity contribution in [2.75, 3.05) is 19.6 Å². The molecule has 0 aromatic carbocycles. The summed E-state index contributed by atoms with van der Waals surface area (Å²) in [7, 11) is 0. The van der Waals surface area contributed by atoms with E-state index >= 15 is 0 Å². The minimum absolute atomic E-state index is 0.387. The van der Waals surface area contributed by atoms with Crippen LogP contribution < -0.4 is 5.32 Å². The summed E-state index contributed by atoms with van der Waals surface area (Å²) in [6.07, 6.45) is 5.80. The number of nitrogens with one attached hydrogen (secondary N) is 1. The first-order valence-corrected chi connectivity index (χ1v) is 8.85. The SMILES string of the molecule is CC(C)C1CNC(C)(C2CC2)CN1CC1(C(C)C)CC1. The Balaban J connectivity index is 1.72. The van der Waals surface area contributed by atoms with Crippen LogP contribution >= 0.6 is 0 Å². The summed E-state index contributed by atoms with van der Waals surface area (Å²) in [4.78, 5) is 2.87. The lowest BCUT2D eigenvalue weighted by Gasteiger charge is -2.49. The van der Waals surface area contributed by atoms with E-state index in [-0.39, 0.29) is 0 Å². The van der Waals surface area contributed by atoms with Gasteiger partial charge in [-0.15, -0.1) is 0 Å². The van der Waals surface area contributed by atoms with Gasteiger partial charge in [-0.3, -0.25) is 4.90 Å². The largest absolute Gasteiger partial charge is 0.308 e. The van der Waals surface area contributed by atoms with Crippen LogP contribution in [0.25, 0.3) is 0 Å². The zero-order valence-corrected chi connectivity index (χ0v) is 14.2. The average Bonchev–Trinajstić information content (AvgIpc) is 3.23. The van der Waals surface area contributed by atoms with Crippen molar-refractivity contribution in [1.29, 1.82) is 0 Å². The lowest BCUT2D eigenvalue weighted by Crippen LogP contribution is -2.65. The fourth-order valence-electron chi connectivity index (χ4n) is 4.37. The third-order valence-electron chi connectivity index (χ3n) is 6.60. The monoisotopic (exact) mass is 278 g/mol. The van der Waals surface area contributed by atoms with Crippen LogP contribution in [-0.4, -0.2) is 36.1 Å². The Kier molecular flexibility index (Phi) is 3.70. The standard InChI is InChI=1S/C18H34N2/c1-13(2)16-10-19-17(5,15-6-7-15)11-20(16)12-18(8-9-18)14(3)4/h13-16,19H,6-12H2,1-5H3. The van der Waals surface area contributed by atoms with E-state index in [1.54, 1.807) is 0 Å². The van der Waals surface area contributed by atoms with Gasteiger partial charge in [-0.1, -0.05) is 27.7 Å². The second kappa shape index (κ2) is 4.98. The van der Waals surface area contributed by atoms with Crippen LogP contribution in [0, 0.1) is 23.2 Å². The Labute approximate surface area is 125 Å². The van der Waals surface area contributed by atoms with Crippen molar-refractivity contribution in [2.45, 2.75) is 71.9 Å². The van der Waals surface area contributed by atoms with Crippen LogP contribution in [0.3, 0.4) is 0 Å². The van der Waals surface area contributed by atoms with E-state index in [1.807, 2.05) is 0 Å². The highest BCUT2D eigenvalue weighted by Gasteiger charge is 2.51. The topological polar surface area (TPSA) is 15.3 Å². The molecule has 0 aromatic heterocycles. The normalized spacial score (nSPS) is 37.6. The molecule has 3 fully saturated rings. The molecule has 2 saturated carbocycles. The zero-order valence-electron chi connectivity index (χ0n) is 14.2. The molecule has 20 heavy (non-hydrogen) atoms. The first-order chi connectivity index (χ1) is 9.36. The van der Waals surface area contributed by atoms with Crippen molar-refractivity contribution >= 4 is 0 Å². The van der Waals surface area contributed by atoms with Crippen LogP contribution in [0.4, 0.5) is 0 Å². The summed E-state index contributed by atoms with van der Waals surface area (Å²) in [6.45, 7) is 15.9. The summed E-state index contributed by atoms with van der Waals surface area (Å²) < 4.78 is 0. The molecule has 3 aliphatic rings. The fourth-order valence-corrected chi connectivity index (χ4v) is 4.37. The van der Waals surface area contributed by atoms with Crippen LogP contribution in [0.5, 0.6) is 0 Å².